The van der Waals surface area contributed by atoms with Gasteiger partial charge in [0.05, 0.1) is 11.6 Å². The lowest BCUT2D eigenvalue weighted by molar-refractivity contribution is 0.115. The van der Waals surface area contributed by atoms with Crippen molar-refractivity contribution >= 4 is 17.4 Å². The topological polar surface area (TPSA) is 19.4 Å². The molecule has 0 N–H and O–H groups in total. The van der Waals surface area contributed by atoms with Crippen LogP contribution in [0, 0.1) is 0 Å². The fraction of sp³-hybridized carbons (Fsp3) is 0.667. The largest absolute Gasteiger partial charge is 0.351 e. The van der Waals surface area contributed by atoms with Gasteiger partial charge in [-0.3, -0.25) is 4.90 Å². The van der Waals surface area contributed by atoms with Crippen LogP contribution in [-0.2, 0) is 5.88 Å². The van der Waals surface area contributed by atoms with Crippen molar-refractivity contribution in [3.63, 3.8) is 0 Å². The average molecular weight is 280 g/mol. The second-order valence-corrected chi connectivity index (χ2v) is 6.03. The van der Waals surface area contributed by atoms with E-state index in [4.69, 9.17) is 11.6 Å². The van der Waals surface area contributed by atoms with Gasteiger partial charge in [-0.15, -0.1) is 11.6 Å². The second kappa shape index (κ2) is 5.68. The van der Waals surface area contributed by atoms with E-state index in [1.165, 1.54) is 25.8 Å². The number of aromatic nitrogens is 1. The monoisotopic (exact) mass is 279 g/mol. The number of pyridine rings is 1. The van der Waals surface area contributed by atoms with Gasteiger partial charge in [0, 0.05) is 25.2 Å². The fourth-order valence-electron chi connectivity index (χ4n) is 3.37. The Labute approximate surface area is 120 Å². The molecule has 3 rings (SSSR count). The van der Waals surface area contributed by atoms with Gasteiger partial charge in [0.25, 0.3) is 0 Å². The highest BCUT2D eigenvalue weighted by molar-refractivity contribution is 6.16. The minimum atomic E-state index is 0.492. The lowest BCUT2D eigenvalue weighted by Crippen LogP contribution is -2.59. The Balaban J connectivity index is 1.79. The van der Waals surface area contributed by atoms with Gasteiger partial charge in [0.2, 0.25) is 0 Å². The second-order valence-electron chi connectivity index (χ2n) is 5.77. The minimum absolute atomic E-state index is 0.492. The van der Waals surface area contributed by atoms with E-state index in [9.17, 15) is 0 Å². The number of anilines is 1. The maximum Gasteiger partial charge on any atom is 0.129 e. The van der Waals surface area contributed by atoms with E-state index in [1.54, 1.807) is 0 Å². The smallest absolute Gasteiger partial charge is 0.129 e. The fourth-order valence-corrected chi connectivity index (χ4v) is 3.52. The van der Waals surface area contributed by atoms with E-state index in [2.05, 4.69) is 33.8 Å². The molecule has 2 unspecified atom stereocenters. The van der Waals surface area contributed by atoms with Crippen LogP contribution < -0.4 is 4.90 Å². The molecule has 0 aromatic carbocycles. The molecule has 2 atom stereocenters. The highest BCUT2D eigenvalue weighted by atomic mass is 35.5. The number of piperazine rings is 1. The van der Waals surface area contributed by atoms with Crippen molar-refractivity contribution in [2.75, 3.05) is 24.5 Å². The molecule has 19 heavy (non-hydrogen) atoms. The summed E-state index contributed by atoms with van der Waals surface area (Å²) in [6.45, 7) is 5.86. The average Bonchev–Trinajstić information content (AvgIpc) is 2.46. The lowest BCUT2D eigenvalue weighted by atomic mass is 9.97. The number of rotatable bonds is 2. The van der Waals surface area contributed by atoms with E-state index in [1.807, 2.05) is 6.07 Å². The predicted octanol–water partition coefficient (Wildman–Crippen LogP) is 2.88. The van der Waals surface area contributed by atoms with Crippen molar-refractivity contribution in [3.8, 4) is 0 Å². The molecule has 0 radical (unpaired) electrons. The molecule has 3 nitrogen and oxygen atoms in total. The number of hydrogen-bond donors (Lipinski definition) is 0. The molecular weight excluding hydrogens is 258 g/mol. The summed E-state index contributed by atoms with van der Waals surface area (Å²) < 4.78 is 0. The summed E-state index contributed by atoms with van der Waals surface area (Å²) in [5.41, 5.74) is 0.970. The first-order valence-corrected chi connectivity index (χ1v) is 7.84. The summed E-state index contributed by atoms with van der Waals surface area (Å²) in [5, 5.41) is 0. The molecule has 2 fully saturated rings. The first-order chi connectivity index (χ1) is 9.28. The number of alkyl halides is 1. The van der Waals surface area contributed by atoms with Crippen molar-refractivity contribution in [2.45, 2.75) is 44.1 Å². The highest BCUT2D eigenvalue weighted by Gasteiger charge is 2.33. The predicted molar refractivity (Wildman–Crippen MR) is 79.8 cm³/mol. The molecule has 0 saturated carbocycles. The maximum absolute atomic E-state index is 5.90. The molecule has 0 amide bonds. The summed E-state index contributed by atoms with van der Waals surface area (Å²) in [4.78, 5) is 9.80. The number of piperidine rings is 1. The molecule has 0 aliphatic carbocycles. The molecule has 2 aliphatic rings. The molecule has 3 heterocycles. The van der Waals surface area contributed by atoms with E-state index in [-0.39, 0.29) is 0 Å². The Kier molecular flexibility index (Phi) is 3.94. The number of nitrogens with zero attached hydrogens (tertiary/aromatic N) is 3. The maximum atomic E-state index is 5.90. The molecule has 1 aromatic heterocycles. The Morgan fingerprint density at radius 3 is 3.05 bits per heavy atom. The van der Waals surface area contributed by atoms with Gasteiger partial charge < -0.3 is 4.90 Å². The van der Waals surface area contributed by atoms with Crippen molar-refractivity contribution in [3.05, 3.63) is 23.9 Å². The molecule has 2 saturated heterocycles. The zero-order valence-electron chi connectivity index (χ0n) is 11.6. The number of hydrogen-bond acceptors (Lipinski definition) is 3. The molecule has 2 aliphatic heterocycles. The third-order valence-corrected chi connectivity index (χ3v) is 4.68. The van der Waals surface area contributed by atoms with Crippen LogP contribution in [0.2, 0.25) is 0 Å². The van der Waals surface area contributed by atoms with Gasteiger partial charge in [0.15, 0.2) is 0 Å². The quantitative estimate of drug-likeness (QED) is 0.776. The van der Waals surface area contributed by atoms with Gasteiger partial charge >= 0.3 is 0 Å². The van der Waals surface area contributed by atoms with E-state index >= 15 is 0 Å². The first kappa shape index (κ1) is 13.2. The van der Waals surface area contributed by atoms with Gasteiger partial charge in [-0.25, -0.2) is 4.98 Å². The standard InChI is InChI=1S/C15H22ClN3/c1-12-10-18-8-3-2-6-14(18)11-19(12)15-7-4-5-13(9-16)17-15/h4-5,7,12,14H,2-3,6,8-11H2,1H3. The van der Waals surface area contributed by atoms with Crippen molar-refractivity contribution < 1.29 is 0 Å². The third kappa shape index (κ3) is 2.72. The lowest BCUT2D eigenvalue weighted by Gasteiger charge is -2.48. The van der Waals surface area contributed by atoms with Crippen LogP contribution in [-0.4, -0.2) is 41.6 Å². The van der Waals surface area contributed by atoms with Crippen LogP contribution in [0.3, 0.4) is 0 Å². The Morgan fingerprint density at radius 1 is 1.32 bits per heavy atom. The highest BCUT2D eigenvalue weighted by Crippen LogP contribution is 2.27. The van der Waals surface area contributed by atoms with Gasteiger partial charge in [0.1, 0.15) is 5.82 Å². The van der Waals surface area contributed by atoms with Gasteiger partial charge in [-0.1, -0.05) is 12.5 Å². The minimum Gasteiger partial charge on any atom is -0.351 e. The molecule has 0 bridgehead atoms. The van der Waals surface area contributed by atoms with Crippen molar-refractivity contribution in [1.82, 2.24) is 9.88 Å². The third-order valence-electron chi connectivity index (χ3n) is 4.41. The summed E-state index contributed by atoms with van der Waals surface area (Å²) in [6, 6.07) is 7.43. The van der Waals surface area contributed by atoms with E-state index < -0.39 is 0 Å². The number of fused-ring (bicyclic) bond motifs is 1. The number of halogens is 1. The van der Waals surface area contributed by atoms with Crippen LogP contribution in [0.4, 0.5) is 5.82 Å². The van der Waals surface area contributed by atoms with Crippen LogP contribution >= 0.6 is 11.6 Å². The summed E-state index contributed by atoms with van der Waals surface area (Å²) >= 11 is 5.90. The van der Waals surface area contributed by atoms with E-state index in [0.717, 1.165) is 24.6 Å². The van der Waals surface area contributed by atoms with Crippen LogP contribution in [0.15, 0.2) is 18.2 Å². The molecule has 104 valence electrons. The van der Waals surface area contributed by atoms with Crippen molar-refractivity contribution in [1.29, 1.82) is 0 Å². The Bertz CT molecular complexity index is 437. The molecular formula is C15H22ClN3. The summed E-state index contributed by atoms with van der Waals surface area (Å²) in [6.07, 6.45) is 4.07. The normalized spacial score (nSPS) is 28.2. The Hall–Kier alpha value is -0.800. The van der Waals surface area contributed by atoms with Crippen LogP contribution in [0.1, 0.15) is 31.9 Å². The van der Waals surface area contributed by atoms with E-state index in [0.29, 0.717) is 18.0 Å². The zero-order chi connectivity index (χ0) is 13.2. The SMILES string of the molecule is CC1CN2CCCCC2CN1c1cccc(CCl)n1. The summed E-state index contributed by atoms with van der Waals surface area (Å²) in [5.74, 6) is 1.59. The van der Waals surface area contributed by atoms with Crippen LogP contribution in [0.5, 0.6) is 0 Å². The molecule has 4 heteroatoms. The zero-order valence-corrected chi connectivity index (χ0v) is 12.3. The molecule has 1 aromatic rings. The van der Waals surface area contributed by atoms with Gasteiger partial charge in [-0.2, -0.15) is 0 Å². The molecule has 0 spiro atoms. The first-order valence-electron chi connectivity index (χ1n) is 7.30. The Morgan fingerprint density at radius 2 is 2.21 bits per heavy atom. The summed E-state index contributed by atoms with van der Waals surface area (Å²) in [7, 11) is 0. The van der Waals surface area contributed by atoms with Crippen molar-refractivity contribution in [2.24, 2.45) is 0 Å². The van der Waals surface area contributed by atoms with Gasteiger partial charge in [-0.05, 0) is 38.4 Å². The van der Waals surface area contributed by atoms with Crippen LogP contribution in [0.25, 0.3) is 0 Å².